The maximum absolute atomic E-state index is 10.6. The van der Waals surface area contributed by atoms with Crippen LogP contribution in [0.15, 0.2) is 29.8 Å². The molecule has 3 N–H and O–H groups in total. The van der Waals surface area contributed by atoms with Gasteiger partial charge in [0.25, 0.3) is 0 Å². The van der Waals surface area contributed by atoms with Crippen molar-refractivity contribution in [3.05, 3.63) is 41.0 Å². The molecule has 3 nitrogen and oxygen atoms in total. The minimum absolute atomic E-state index is 0.435. The van der Waals surface area contributed by atoms with E-state index in [1.807, 2.05) is 24.3 Å². The highest BCUT2D eigenvalue weighted by atomic mass is 16.4. The highest BCUT2D eigenvalue weighted by molar-refractivity contribution is 5.74. The van der Waals surface area contributed by atoms with Crippen molar-refractivity contribution in [2.24, 2.45) is 5.73 Å². The number of hydrogen-bond acceptors (Lipinski definition) is 2. The number of carboxylic acids is 1. The van der Waals surface area contributed by atoms with Crippen LogP contribution in [-0.2, 0) is 11.2 Å². The maximum atomic E-state index is 10.6. The quantitative estimate of drug-likeness (QED) is 0.781. The molecule has 0 bridgehead atoms. The molecule has 1 atom stereocenters. The third kappa shape index (κ3) is 2.07. The van der Waals surface area contributed by atoms with Crippen LogP contribution in [0.2, 0.25) is 0 Å². The number of aliphatic carboxylic acids is 1. The molecule has 0 saturated heterocycles. The van der Waals surface area contributed by atoms with E-state index in [-0.39, 0.29) is 0 Å². The van der Waals surface area contributed by atoms with Gasteiger partial charge in [-0.05, 0) is 24.0 Å². The Morgan fingerprint density at radius 3 is 2.87 bits per heavy atom. The molecule has 1 aliphatic rings. The highest BCUT2D eigenvalue weighted by Crippen LogP contribution is 2.26. The Labute approximate surface area is 88.2 Å². The molecule has 2 rings (SSSR count). The average Bonchev–Trinajstić information content (AvgIpc) is 2.59. The first-order valence-electron chi connectivity index (χ1n) is 4.92. The fourth-order valence-electron chi connectivity index (χ4n) is 1.85. The molecule has 1 aromatic rings. The third-order valence-corrected chi connectivity index (χ3v) is 2.63. The smallest absolute Gasteiger partial charge is 0.320 e. The summed E-state index contributed by atoms with van der Waals surface area (Å²) in [6.45, 7) is 0. The summed E-state index contributed by atoms with van der Waals surface area (Å²) in [6.07, 6.45) is 3.30. The number of benzene rings is 1. The van der Waals surface area contributed by atoms with Gasteiger partial charge in [0.2, 0.25) is 0 Å². The maximum Gasteiger partial charge on any atom is 0.320 e. The van der Waals surface area contributed by atoms with Gasteiger partial charge >= 0.3 is 5.97 Å². The Morgan fingerprint density at radius 1 is 1.47 bits per heavy atom. The van der Waals surface area contributed by atoms with Gasteiger partial charge in [0.1, 0.15) is 6.04 Å². The summed E-state index contributed by atoms with van der Waals surface area (Å²) in [6, 6.07) is 7.28. The molecule has 0 heterocycles. The van der Waals surface area contributed by atoms with Crippen molar-refractivity contribution in [1.82, 2.24) is 0 Å². The molecule has 0 aliphatic heterocycles. The molecule has 1 aromatic carbocycles. The minimum atomic E-state index is -0.938. The minimum Gasteiger partial charge on any atom is -0.480 e. The lowest BCUT2D eigenvalue weighted by atomic mass is 10.0. The van der Waals surface area contributed by atoms with Crippen molar-refractivity contribution in [2.45, 2.75) is 18.9 Å². The molecular formula is C12H13NO2. The Bertz CT molecular complexity index is 423. The van der Waals surface area contributed by atoms with Crippen molar-refractivity contribution >= 4 is 12.0 Å². The predicted molar refractivity (Wildman–Crippen MR) is 58.4 cm³/mol. The van der Waals surface area contributed by atoms with Crippen LogP contribution in [0.5, 0.6) is 0 Å². The lowest BCUT2D eigenvalue weighted by Gasteiger charge is -2.06. The van der Waals surface area contributed by atoms with E-state index in [0.29, 0.717) is 6.42 Å². The number of fused-ring (bicyclic) bond motifs is 1. The van der Waals surface area contributed by atoms with Crippen LogP contribution in [0.25, 0.3) is 6.08 Å². The van der Waals surface area contributed by atoms with E-state index < -0.39 is 12.0 Å². The Balaban J connectivity index is 2.08. The van der Waals surface area contributed by atoms with E-state index in [2.05, 4.69) is 6.07 Å². The van der Waals surface area contributed by atoms with Crippen molar-refractivity contribution in [3.63, 3.8) is 0 Å². The summed E-state index contributed by atoms with van der Waals surface area (Å²) < 4.78 is 0. The normalized spacial score (nSPS) is 15.7. The van der Waals surface area contributed by atoms with Crippen LogP contribution in [0.4, 0.5) is 0 Å². The zero-order chi connectivity index (χ0) is 10.8. The van der Waals surface area contributed by atoms with Gasteiger partial charge in [-0.25, -0.2) is 0 Å². The molecule has 0 amide bonds. The summed E-state index contributed by atoms with van der Waals surface area (Å²) in [7, 11) is 0. The van der Waals surface area contributed by atoms with Crippen LogP contribution >= 0.6 is 0 Å². The first-order valence-corrected chi connectivity index (χ1v) is 4.92. The van der Waals surface area contributed by atoms with Crippen LogP contribution < -0.4 is 5.73 Å². The largest absolute Gasteiger partial charge is 0.480 e. The Hall–Kier alpha value is -1.61. The van der Waals surface area contributed by atoms with E-state index in [1.54, 1.807) is 0 Å². The second-order valence-electron chi connectivity index (χ2n) is 3.83. The molecule has 0 fully saturated rings. The standard InChI is InChI=1S/C12H13NO2/c13-11(12(14)15)7-8-5-9-3-1-2-4-10(9)6-8/h1-5,11H,6-7,13H2,(H,14,15). The van der Waals surface area contributed by atoms with Crippen LogP contribution in [0.1, 0.15) is 17.5 Å². The SMILES string of the molecule is NC(CC1=Cc2ccccc2C1)C(=O)O. The Kier molecular flexibility index (Phi) is 2.56. The van der Waals surface area contributed by atoms with Crippen molar-refractivity contribution in [3.8, 4) is 0 Å². The molecule has 0 radical (unpaired) electrons. The second-order valence-corrected chi connectivity index (χ2v) is 3.83. The Morgan fingerprint density at radius 2 is 2.20 bits per heavy atom. The monoisotopic (exact) mass is 203 g/mol. The first kappa shape index (κ1) is 9.93. The summed E-state index contributed by atoms with van der Waals surface area (Å²) in [5, 5.41) is 8.71. The molecule has 3 heteroatoms. The highest BCUT2D eigenvalue weighted by Gasteiger charge is 2.18. The van der Waals surface area contributed by atoms with E-state index in [4.69, 9.17) is 10.8 Å². The predicted octanol–water partition coefficient (Wildman–Crippen LogP) is 1.43. The van der Waals surface area contributed by atoms with Crippen molar-refractivity contribution < 1.29 is 9.90 Å². The van der Waals surface area contributed by atoms with Crippen LogP contribution in [-0.4, -0.2) is 17.1 Å². The summed E-state index contributed by atoms with van der Waals surface area (Å²) >= 11 is 0. The van der Waals surface area contributed by atoms with Crippen LogP contribution in [0.3, 0.4) is 0 Å². The second kappa shape index (κ2) is 3.87. The number of nitrogens with two attached hydrogens (primary N) is 1. The van der Waals surface area contributed by atoms with Gasteiger partial charge < -0.3 is 10.8 Å². The van der Waals surface area contributed by atoms with Crippen LogP contribution in [0, 0.1) is 0 Å². The topological polar surface area (TPSA) is 63.3 Å². The van der Waals surface area contributed by atoms with Gasteiger partial charge in [-0.2, -0.15) is 0 Å². The van der Waals surface area contributed by atoms with Gasteiger partial charge in [0.15, 0.2) is 0 Å². The fourth-order valence-corrected chi connectivity index (χ4v) is 1.85. The van der Waals surface area contributed by atoms with Crippen molar-refractivity contribution in [1.29, 1.82) is 0 Å². The number of carboxylic acid groups (broad SMARTS) is 1. The third-order valence-electron chi connectivity index (χ3n) is 2.63. The summed E-state index contributed by atoms with van der Waals surface area (Å²) in [4.78, 5) is 10.6. The van der Waals surface area contributed by atoms with Gasteiger partial charge in [-0.1, -0.05) is 35.9 Å². The van der Waals surface area contributed by atoms with Gasteiger partial charge in [0, 0.05) is 0 Å². The number of carbonyl (C=O) groups is 1. The zero-order valence-corrected chi connectivity index (χ0v) is 8.31. The lowest BCUT2D eigenvalue weighted by molar-refractivity contribution is -0.138. The van der Waals surface area contributed by atoms with Gasteiger partial charge in [-0.3, -0.25) is 4.79 Å². The number of hydrogen-bond donors (Lipinski definition) is 2. The molecule has 78 valence electrons. The first-order chi connectivity index (χ1) is 7.16. The van der Waals surface area contributed by atoms with E-state index in [9.17, 15) is 4.79 Å². The molecule has 0 aromatic heterocycles. The molecule has 1 unspecified atom stereocenters. The van der Waals surface area contributed by atoms with E-state index in [1.165, 1.54) is 11.1 Å². The van der Waals surface area contributed by atoms with E-state index >= 15 is 0 Å². The zero-order valence-electron chi connectivity index (χ0n) is 8.31. The van der Waals surface area contributed by atoms with Gasteiger partial charge in [0.05, 0.1) is 0 Å². The molecule has 0 saturated carbocycles. The summed E-state index contributed by atoms with van der Waals surface area (Å²) in [5.74, 6) is -0.938. The molecule has 15 heavy (non-hydrogen) atoms. The van der Waals surface area contributed by atoms with Crippen molar-refractivity contribution in [2.75, 3.05) is 0 Å². The molecule has 1 aliphatic carbocycles. The lowest BCUT2D eigenvalue weighted by Crippen LogP contribution is -2.30. The van der Waals surface area contributed by atoms with Gasteiger partial charge in [-0.15, -0.1) is 0 Å². The van der Waals surface area contributed by atoms with E-state index in [0.717, 1.165) is 12.0 Å². The molecule has 0 spiro atoms. The summed E-state index contributed by atoms with van der Waals surface area (Å²) in [5.41, 5.74) is 9.03. The average molecular weight is 203 g/mol. The fraction of sp³-hybridized carbons (Fsp3) is 0.250. The molecular weight excluding hydrogens is 190 g/mol. The number of rotatable bonds is 3.